The minimum Gasteiger partial charge on any atom is -0.480 e. The van der Waals surface area contributed by atoms with Crippen molar-refractivity contribution in [3.05, 3.63) is 35.9 Å². The number of nitrogens with two attached hydrogens (primary N) is 1. The average molecular weight is 280 g/mol. The molecule has 102 valence electrons. The number of carboxylic acid groups (broad SMARTS) is 1. The number of carboxylic acids is 1. The van der Waals surface area contributed by atoms with E-state index in [0.29, 0.717) is 11.3 Å². The van der Waals surface area contributed by atoms with Crippen LogP contribution in [0.1, 0.15) is 18.5 Å². The van der Waals surface area contributed by atoms with Gasteiger partial charge >= 0.3 is 5.97 Å². The standard InChI is InChI=1S/C13H16N2O3S/c1-8-15(10(7-19-8)13(17)18)12(16)11(14)9-5-3-2-4-6-9/h2-6,8,10-11H,7,14H2,1H3,(H,17,18). The summed E-state index contributed by atoms with van der Waals surface area (Å²) in [6.45, 7) is 1.82. The molecule has 3 unspecified atom stereocenters. The van der Waals surface area contributed by atoms with E-state index in [1.54, 1.807) is 24.3 Å². The lowest BCUT2D eigenvalue weighted by Gasteiger charge is -2.28. The third-order valence-corrected chi connectivity index (χ3v) is 4.40. The maximum Gasteiger partial charge on any atom is 0.327 e. The van der Waals surface area contributed by atoms with Crippen molar-refractivity contribution in [2.45, 2.75) is 24.4 Å². The Labute approximate surface area is 115 Å². The molecular weight excluding hydrogens is 264 g/mol. The van der Waals surface area contributed by atoms with Crippen molar-refractivity contribution in [3.63, 3.8) is 0 Å². The van der Waals surface area contributed by atoms with Crippen LogP contribution < -0.4 is 5.73 Å². The van der Waals surface area contributed by atoms with Crippen LogP contribution in [-0.2, 0) is 9.59 Å². The largest absolute Gasteiger partial charge is 0.480 e. The molecule has 0 aliphatic carbocycles. The van der Waals surface area contributed by atoms with Gasteiger partial charge in [-0.05, 0) is 12.5 Å². The zero-order valence-corrected chi connectivity index (χ0v) is 11.3. The molecule has 0 bridgehead atoms. The van der Waals surface area contributed by atoms with Crippen LogP contribution in [0.2, 0.25) is 0 Å². The van der Waals surface area contributed by atoms with E-state index in [2.05, 4.69) is 0 Å². The molecule has 1 aromatic rings. The molecule has 1 amide bonds. The number of hydrogen-bond donors (Lipinski definition) is 2. The molecule has 1 aliphatic rings. The van der Waals surface area contributed by atoms with E-state index in [-0.39, 0.29) is 11.3 Å². The van der Waals surface area contributed by atoms with Crippen LogP contribution in [0.25, 0.3) is 0 Å². The van der Waals surface area contributed by atoms with Gasteiger partial charge in [-0.1, -0.05) is 30.3 Å². The van der Waals surface area contributed by atoms with Crippen LogP contribution in [0.3, 0.4) is 0 Å². The number of carbonyl (C=O) groups is 2. The summed E-state index contributed by atoms with van der Waals surface area (Å²) in [7, 11) is 0. The van der Waals surface area contributed by atoms with Crippen LogP contribution >= 0.6 is 11.8 Å². The van der Waals surface area contributed by atoms with Crippen LogP contribution in [0.4, 0.5) is 0 Å². The van der Waals surface area contributed by atoms with Crippen LogP contribution in [0, 0.1) is 0 Å². The van der Waals surface area contributed by atoms with E-state index in [9.17, 15) is 9.59 Å². The van der Waals surface area contributed by atoms with Crippen molar-refractivity contribution in [2.75, 3.05) is 5.75 Å². The lowest BCUT2D eigenvalue weighted by atomic mass is 10.1. The van der Waals surface area contributed by atoms with Crippen LogP contribution in [0.15, 0.2) is 30.3 Å². The molecule has 0 radical (unpaired) electrons. The van der Waals surface area contributed by atoms with Gasteiger partial charge in [0.1, 0.15) is 12.1 Å². The molecule has 0 saturated carbocycles. The van der Waals surface area contributed by atoms with Gasteiger partial charge in [0.15, 0.2) is 0 Å². The molecule has 6 heteroatoms. The summed E-state index contributed by atoms with van der Waals surface area (Å²) in [5.74, 6) is -0.912. The fourth-order valence-electron chi connectivity index (χ4n) is 2.13. The summed E-state index contributed by atoms with van der Waals surface area (Å²) in [5.41, 5.74) is 6.64. The summed E-state index contributed by atoms with van der Waals surface area (Å²) in [6.07, 6.45) is 0. The second-order valence-electron chi connectivity index (χ2n) is 4.42. The van der Waals surface area contributed by atoms with E-state index in [0.717, 1.165) is 0 Å². The Balaban J connectivity index is 2.20. The van der Waals surface area contributed by atoms with Crippen molar-refractivity contribution < 1.29 is 14.7 Å². The zero-order valence-electron chi connectivity index (χ0n) is 10.5. The van der Waals surface area contributed by atoms with Gasteiger partial charge in [-0.25, -0.2) is 4.79 Å². The van der Waals surface area contributed by atoms with E-state index in [4.69, 9.17) is 10.8 Å². The molecule has 1 heterocycles. The Bertz CT molecular complexity index is 480. The third-order valence-electron chi connectivity index (χ3n) is 3.19. The molecule has 0 spiro atoms. The highest BCUT2D eigenvalue weighted by Crippen LogP contribution is 2.31. The fourth-order valence-corrected chi connectivity index (χ4v) is 3.31. The topological polar surface area (TPSA) is 83.6 Å². The van der Waals surface area contributed by atoms with Gasteiger partial charge in [0, 0.05) is 5.75 Å². The number of rotatable bonds is 3. The molecule has 3 atom stereocenters. The second kappa shape index (κ2) is 5.63. The number of nitrogens with zero attached hydrogens (tertiary/aromatic N) is 1. The predicted molar refractivity (Wildman–Crippen MR) is 73.6 cm³/mol. The van der Waals surface area contributed by atoms with Gasteiger partial charge in [0.05, 0.1) is 5.37 Å². The van der Waals surface area contributed by atoms with Gasteiger partial charge < -0.3 is 15.7 Å². The first-order valence-electron chi connectivity index (χ1n) is 5.99. The highest BCUT2D eigenvalue weighted by Gasteiger charge is 2.41. The van der Waals surface area contributed by atoms with Gasteiger partial charge in [-0.3, -0.25) is 4.79 Å². The molecule has 3 N–H and O–H groups in total. The Morgan fingerprint density at radius 1 is 1.42 bits per heavy atom. The van der Waals surface area contributed by atoms with Gasteiger partial charge in [0.25, 0.3) is 0 Å². The molecule has 5 nitrogen and oxygen atoms in total. The van der Waals surface area contributed by atoms with Gasteiger partial charge in [-0.15, -0.1) is 11.8 Å². The highest BCUT2D eigenvalue weighted by atomic mass is 32.2. The van der Waals surface area contributed by atoms with Crippen LogP contribution in [-0.4, -0.2) is 39.1 Å². The Kier molecular flexibility index (Phi) is 4.11. The van der Waals surface area contributed by atoms with Crippen molar-refractivity contribution in [3.8, 4) is 0 Å². The number of hydrogen-bond acceptors (Lipinski definition) is 4. The predicted octanol–water partition coefficient (Wildman–Crippen LogP) is 1.06. The van der Waals surface area contributed by atoms with Gasteiger partial charge in [0.2, 0.25) is 5.91 Å². The number of benzene rings is 1. The Hall–Kier alpha value is -1.53. The monoisotopic (exact) mass is 280 g/mol. The Morgan fingerprint density at radius 3 is 2.63 bits per heavy atom. The van der Waals surface area contributed by atoms with Crippen molar-refractivity contribution >= 4 is 23.6 Å². The first-order chi connectivity index (χ1) is 9.02. The normalized spacial score (nSPS) is 24.2. The third kappa shape index (κ3) is 2.74. The minimum absolute atomic E-state index is 0.164. The lowest BCUT2D eigenvalue weighted by Crippen LogP contribution is -2.48. The van der Waals surface area contributed by atoms with E-state index in [1.165, 1.54) is 16.7 Å². The molecule has 1 aromatic carbocycles. The smallest absolute Gasteiger partial charge is 0.327 e. The maximum absolute atomic E-state index is 12.4. The summed E-state index contributed by atoms with van der Waals surface area (Å²) < 4.78 is 0. The van der Waals surface area contributed by atoms with E-state index < -0.39 is 18.1 Å². The quantitative estimate of drug-likeness (QED) is 0.865. The SMILES string of the molecule is CC1SCC(C(=O)O)N1C(=O)C(N)c1ccccc1. The highest BCUT2D eigenvalue weighted by molar-refractivity contribution is 8.00. The molecule has 19 heavy (non-hydrogen) atoms. The second-order valence-corrected chi connectivity index (χ2v) is 5.77. The number of aliphatic carboxylic acids is 1. The summed E-state index contributed by atoms with van der Waals surface area (Å²) in [6, 6.07) is 7.39. The number of amides is 1. The Morgan fingerprint density at radius 2 is 2.05 bits per heavy atom. The van der Waals surface area contributed by atoms with Crippen molar-refractivity contribution in [1.82, 2.24) is 4.90 Å². The maximum atomic E-state index is 12.4. The molecule has 2 rings (SSSR count). The van der Waals surface area contributed by atoms with Crippen molar-refractivity contribution in [1.29, 1.82) is 0 Å². The van der Waals surface area contributed by atoms with E-state index in [1.807, 2.05) is 13.0 Å². The van der Waals surface area contributed by atoms with E-state index >= 15 is 0 Å². The molecule has 1 fully saturated rings. The molecule has 0 aromatic heterocycles. The molecule has 1 saturated heterocycles. The first-order valence-corrected chi connectivity index (χ1v) is 7.04. The summed E-state index contributed by atoms with van der Waals surface area (Å²) in [5, 5.41) is 8.99. The first kappa shape index (κ1) is 13.9. The fraction of sp³-hybridized carbons (Fsp3) is 0.385. The number of carbonyl (C=O) groups excluding carboxylic acids is 1. The average Bonchev–Trinajstić information content (AvgIpc) is 2.80. The summed E-state index contributed by atoms with van der Waals surface area (Å²) in [4.78, 5) is 24.9. The van der Waals surface area contributed by atoms with Crippen molar-refractivity contribution in [2.24, 2.45) is 5.73 Å². The zero-order chi connectivity index (χ0) is 14.0. The van der Waals surface area contributed by atoms with Gasteiger partial charge in [-0.2, -0.15) is 0 Å². The summed E-state index contributed by atoms with van der Waals surface area (Å²) >= 11 is 1.45. The molecule has 1 aliphatic heterocycles. The number of thioether (sulfide) groups is 1. The van der Waals surface area contributed by atoms with Crippen LogP contribution in [0.5, 0.6) is 0 Å². The molecular formula is C13H16N2O3S. The lowest BCUT2D eigenvalue weighted by molar-refractivity contribution is -0.149. The minimum atomic E-state index is -0.981.